The van der Waals surface area contributed by atoms with E-state index in [4.69, 9.17) is 5.73 Å². The Kier molecular flexibility index (Phi) is 3.07. The summed E-state index contributed by atoms with van der Waals surface area (Å²) in [7, 11) is 0. The summed E-state index contributed by atoms with van der Waals surface area (Å²) in [4.78, 5) is 11.1. The fraction of sp³-hybridized carbons (Fsp3) is 0.364. The number of carbonyl (C=O) groups excluding carboxylic acids is 1. The molecule has 0 amide bonds. The van der Waals surface area contributed by atoms with Crippen molar-refractivity contribution < 1.29 is 4.79 Å². The molecule has 0 aliphatic heterocycles. The molecule has 13 heavy (non-hydrogen) atoms. The Morgan fingerprint density at radius 3 is 2.62 bits per heavy atom. The van der Waals surface area contributed by atoms with E-state index in [9.17, 15) is 4.79 Å². The molecule has 2 N–H and O–H groups in total. The summed E-state index contributed by atoms with van der Waals surface area (Å²) in [5, 5.41) is 0. The van der Waals surface area contributed by atoms with Gasteiger partial charge in [0.15, 0.2) is 5.78 Å². The predicted molar refractivity (Wildman–Crippen MR) is 54.9 cm³/mol. The summed E-state index contributed by atoms with van der Waals surface area (Å²) in [6, 6.07) is 5.67. The topological polar surface area (TPSA) is 43.1 Å². The molecular formula is C11H15NO. The molecule has 0 bridgehead atoms. The van der Waals surface area contributed by atoms with Crippen LogP contribution >= 0.6 is 0 Å². The maximum absolute atomic E-state index is 11.1. The Hall–Kier alpha value is -1.31. The van der Waals surface area contributed by atoms with Crippen LogP contribution in [0.15, 0.2) is 18.2 Å². The monoisotopic (exact) mass is 177 g/mol. The van der Waals surface area contributed by atoms with Crippen molar-refractivity contribution in [1.82, 2.24) is 0 Å². The van der Waals surface area contributed by atoms with Crippen LogP contribution in [0.5, 0.6) is 0 Å². The van der Waals surface area contributed by atoms with Gasteiger partial charge in [-0.2, -0.15) is 0 Å². The van der Waals surface area contributed by atoms with Gasteiger partial charge in [-0.1, -0.05) is 19.4 Å². The molecule has 0 atom stereocenters. The number of rotatable bonds is 3. The molecule has 1 rings (SSSR count). The van der Waals surface area contributed by atoms with Crippen molar-refractivity contribution in [2.75, 3.05) is 5.73 Å². The predicted octanol–water partition coefficient (Wildman–Crippen LogP) is 2.42. The van der Waals surface area contributed by atoms with Crippen LogP contribution in [-0.2, 0) is 6.42 Å². The highest BCUT2D eigenvalue weighted by Crippen LogP contribution is 2.15. The first-order chi connectivity index (χ1) is 6.15. The second-order valence-electron chi connectivity index (χ2n) is 3.23. The third kappa shape index (κ3) is 2.31. The Morgan fingerprint density at radius 2 is 2.15 bits per heavy atom. The summed E-state index contributed by atoms with van der Waals surface area (Å²) < 4.78 is 0. The number of aryl methyl sites for hydroxylation is 1. The molecule has 2 nitrogen and oxygen atoms in total. The molecule has 0 saturated carbocycles. The highest BCUT2D eigenvalue weighted by atomic mass is 16.1. The minimum atomic E-state index is 0.0283. The minimum Gasteiger partial charge on any atom is -0.398 e. The van der Waals surface area contributed by atoms with E-state index in [1.807, 2.05) is 18.2 Å². The van der Waals surface area contributed by atoms with E-state index in [1.54, 1.807) is 0 Å². The van der Waals surface area contributed by atoms with E-state index in [0.29, 0.717) is 11.3 Å². The molecule has 2 heteroatoms. The van der Waals surface area contributed by atoms with Gasteiger partial charge in [0.05, 0.1) is 0 Å². The van der Waals surface area contributed by atoms with Crippen molar-refractivity contribution in [2.45, 2.75) is 26.7 Å². The lowest BCUT2D eigenvalue weighted by Crippen LogP contribution is -2.00. The largest absolute Gasteiger partial charge is 0.398 e. The van der Waals surface area contributed by atoms with Crippen molar-refractivity contribution >= 4 is 11.5 Å². The smallest absolute Gasteiger partial charge is 0.161 e. The van der Waals surface area contributed by atoms with Crippen molar-refractivity contribution in [3.05, 3.63) is 29.3 Å². The van der Waals surface area contributed by atoms with Crippen LogP contribution in [0.25, 0.3) is 0 Å². The first kappa shape index (κ1) is 9.78. The molecule has 1 aromatic rings. The lowest BCUT2D eigenvalue weighted by atomic mass is 10.0. The van der Waals surface area contributed by atoms with Crippen molar-refractivity contribution in [3.8, 4) is 0 Å². The zero-order valence-corrected chi connectivity index (χ0v) is 8.13. The number of anilines is 1. The number of hydrogen-bond donors (Lipinski definition) is 1. The van der Waals surface area contributed by atoms with Gasteiger partial charge in [-0.25, -0.2) is 0 Å². The zero-order valence-electron chi connectivity index (χ0n) is 8.13. The number of nitrogen functional groups attached to an aromatic ring is 1. The van der Waals surface area contributed by atoms with Gasteiger partial charge in [0, 0.05) is 11.3 Å². The van der Waals surface area contributed by atoms with Crippen molar-refractivity contribution in [2.24, 2.45) is 0 Å². The number of benzene rings is 1. The van der Waals surface area contributed by atoms with E-state index in [0.717, 1.165) is 12.8 Å². The number of hydrogen-bond acceptors (Lipinski definition) is 2. The Labute approximate surface area is 78.8 Å². The summed E-state index contributed by atoms with van der Waals surface area (Å²) in [5.74, 6) is 0.0283. The Balaban J connectivity index is 2.98. The molecule has 0 aromatic heterocycles. The van der Waals surface area contributed by atoms with Crippen molar-refractivity contribution in [1.29, 1.82) is 0 Å². The fourth-order valence-electron chi connectivity index (χ4n) is 1.38. The van der Waals surface area contributed by atoms with Gasteiger partial charge in [0.2, 0.25) is 0 Å². The van der Waals surface area contributed by atoms with E-state index in [1.165, 1.54) is 12.5 Å². The first-order valence-corrected chi connectivity index (χ1v) is 4.54. The highest BCUT2D eigenvalue weighted by Gasteiger charge is 2.04. The minimum absolute atomic E-state index is 0.0283. The second kappa shape index (κ2) is 4.08. The SMILES string of the molecule is CCCc1ccc(C(C)=O)c(N)c1. The summed E-state index contributed by atoms with van der Waals surface area (Å²) in [5.41, 5.74) is 8.15. The van der Waals surface area contributed by atoms with Crippen LogP contribution in [-0.4, -0.2) is 5.78 Å². The van der Waals surface area contributed by atoms with Crippen LogP contribution in [0, 0.1) is 0 Å². The third-order valence-corrected chi connectivity index (χ3v) is 2.03. The standard InChI is InChI=1S/C11H15NO/c1-3-4-9-5-6-10(8(2)13)11(12)7-9/h5-7H,3-4,12H2,1-2H3. The maximum atomic E-state index is 11.1. The van der Waals surface area contributed by atoms with E-state index in [-0.39, 0.29) is 5.78 Å². The third-order valence-electron chi connectivity index (χ3n) is 2.03. The number of nitrogens with two attached hydrogens (primary N) is 1. The highest BCUT2D eigenvalue weighted by molar-refractivity contribution is 5.99. The van der Waals surface area contributed by atoms with Gasteiger partial charge in [-0.15, -0.1) is 0 Å². The van der Waals surface area contributed by atoms with E-state index < -0.39 is 0 Å². The van der Waals surface area contributed by atoms with E-state index >= 15 is 0 Å². The van der Waals surface area contributed by atoms with E-state index in [2.05, 4.69) is 6.92 Å². The maximum Gasteiger partial charge on any atom is 0.161 e. The molecule has 0 aliphatic rings. The lowest BCUT2D eigenvalue weighted by molar-refractivity contribution is 0.101. The number of ketones is 1. The normalized spacial score (nSPS) is 10.0. The molecule has 0 fully saturated rings. The van der Waals surface area contributed by atoms with Crippen LogP contribution in [0.1, 0.15) is 36.2 Å². The summed E-state index contributed by atoms with van der Waals surface area (Å²) in [6.45, 7) is 3.65. The van der Waals surface area contributed by atoms with Gasteiger partial charge in [0.25, 0.3) is 0 Å². The summed E-state index contributed by atoms with van der Waals surface area (Å²) in [6.07, 6.45) is 2.11. The average Bonchev–Trinajstić information content (AvgIpc) is 2.04. The van der Waals surface area contributed by atoms with Crippen LogP contribution in [0.2, 0.25) is 0 Å². The van der Waals surface area contributed by atoms with Crippen LogP contribution < -0.4 is 5.73 Å². The van der Waals surface area contributed by atoms with Gasteiger partial charge in [-0.05, 0) is 31.0 Å². The second-order valence-corrected chi connectivity index (χ2v) is 3.23. The van der Waals surface area contributed by atoms with Gasteiger partial charge in [0.1, 0.15) is 0 Å². The molecule has 70 valence electrons. The Morgan fingerprint density at radius 1 is 1.46 bits per heavy atom. The van der Waals surface area contributed by atoms with Crippen molar-refractivity contribution in [3.63, 3.8) is 0 Å². The molecule has 0 heterocycles. The van der Waals surface area contributed by atoms with Crippen LogP contribution in [0.4, 0.5) is 5.69 Å². The molecule has 0 unspecified atom stereocenters. The molecule has 0 saturated heterocycles. The molecule has 0 aliphatic carbocycles. The average molecular weight is 177 g/mol. The first-order valence-electron chi connectivity index (χ1n) is 4.54. The lowest BCUT2D eigenvalue weighted by Gasteiger charge is -2.04. The Bertz CT molecular complexity index is 318. The zero-order chi connectivity index (χ0) is 9.84. The number of carbonyl (C=O) groups is 1. The molecule has 1 aromatic carbocycles. The van der Waals surface area contributed by atoms with Gasteiger partial charge in [-0.3, -0.25) is 4.79 Å². The van der Waals surface area contributed by atoms with Gasteiger partial charge < -0.3 is 5.73 Å². The molecule has 0 spiro atoms. The quantitative estimate of drug-likeness (QED) is 0.569. The van der Waals surface area contributed by atoms with Crippen LogP contribution in [0.3, 0.4) is 0 Å². The van der Waals surface area contributed by atoms with Gasteiger partial charge >= 0.3 is 0 Å². The summed E-state index contributed by atoms with van der Waals surface area (Å²) >= 11 is 0. The molecular weight excluding hydrogens is 162 g/mol. The number of Topliss-reactive ketones (excluding diaryl/α,β-unsaturated/α-hetero) is 1. The fourth-order valence-corrected chi connectivity index (χ4v) is 1.38. The molecule has 0 radical (unpaired) electrons.